The predicted octanol–water partition coefficient (Wildman–Crippen LogP) is 0.814. The molecule has 0 aromatic rings. The van der Waals surface area contributed by atoms with Gasteiger partial charge in [-0.15, -0.1) is 0 Å². The second-order valence-corrected chi connectivity index (χ2v) is 9.82. The van der Waals surface area contributed by atoms with Crippen LogP contribution >= 0.6 is 11.8 Å². The summed E-state index contributed by atoms with van der Waals surface area (Å²) in [6, 6.07) is -3.27. The van der Waals surface area contributed by atoms with Gasteiger partial charge in [0.2, 0.25) is 17.7 Å². The monoisotopic (exact) mass is 458 g/mol. The fourth-order valence-electron chi connectivity index (χ4n) is 3.61. The van der Waals surface area contributed by atoms with Crippen LogP contribution in [0.1, 0.15) is 53.4 Å². The average molecular weight is 459 g/mol. The first-order valence-corrected chi connectivity index (χ1v) is 12.3. The Morgan fingerprint density at radius 2 is 1.77 bits per heavy atom. The zero-order chi connectivity index (χ0) is 23.7. The fraction of sp³-hybridized carbons (Fsp3) is 0.810. The van der Waals surface area contributed by atoms with Crippen LogP contribution in [0.5, 0.6) is 0 Å². The lowest BCUT2D eigenvalue weighted by molar-refractivity contribution is -0.149. The molecule has 1 rings (SSSR count). The van der Waals surface area contributed by atoms with E-state index in [2.05, 4.69) is 10.6 Å². The van der Waals surface area contributed by atoms with E-state index in [1.807, 2.05) is 20.1 Å². The summed E-state index contributed by atoms with van der Waals surface area (Å²) in [4.78, 5) is 51.4. The van der Waals surface area contributed by atoms with Crippen molar-refractivity contribution in [1.82, 2.24) is 15.5 Å². The molecule has 1 aliphatic rings. The number of amides is 3. The first-order valence-electron chi connectivity index (χ1n) is 10.9. The minimum absolute atomic E-state index is 0.104. The van der Waals surface area contributed by atoms with Gasteiger partial charge in [-0.3, -0.25) is 14.4 Å². The summed E-state index contributed by atoms with van der Waals surface area (Å²) in [6.45, 7) is 7.82. The number of nitrogens with zero attached hydrogens (tertiary/aromatic N) is 1. The summed E-state index contributed by atoms with van der Waals surface area (Å²) in [5, 5.41) is 14.9. The van der Waals surface area contributed by atoms with Crippen molar-refractivity contribution in [1.29, 1.82) is 0 Å². The smallest absolute Gasteiger partial charge is 0.326 e. The second-order valence-electron chi connectivity index (χ2n) is 8.84. The molecule has 10 heteroatoms. The zero-order valence-electron chi connectivity index (χ0n) is 19.2. The Hall–Kier alpha value is -1.81. The number of nitrogens with one attached hydrogen (secondary N) is 2. The first kappa shape index (κ1) is 27.2. The second kappa shape index (κ2) is 12.9. The molecular formula is C21H38N4O5S. The van der Waals surface area contributed by atoms with Crippen LogP contribution in [0.15, 0.2) is 0 Å². The number of carboxylic acids is 1. The van der Waals surface area contributed by atoms with E-state index in [4.69, 9.17) is 5.73 Å². The Bertz CT molecular complexity index is 643. The Labute approximate surface area is 189 Å². The molecule has 0 spiro atoms. The Balaban J connectivity index is 2.93. The lowest BCUT2D eigenvalue weighted by atomic mass is 9.99. The molecule has 9 nitrogen and oxygen atoms in total. The Morgan fingerprint density at radius 1 is 1.13 bits per heavy atom. The largest absolute Gasteiger partial charge is 0.480 e. The van der Waals surface area contributed by atoms with E-state index in [1.54, 1.807) is 25.6 Å². The normalized spacial score (nSPS) is 19.2. The van der Waals surface area contributed by atoms with E-state index in [-0.39, 0.29) is 11.8 Å². The molecule has 0 aromatic carbocycles. The molecule has 0 radical (unpaired) electrons. The van der Waals surface area contributed by atoms with Crippen LogP contribution in [0.2, 0.25) is 0 Å². The van der Waals surface area contributed by atoms with Crippen molar-refractivity contribution in [2.45, 2.75) is 77.5 Å². The number of carbonyl (C=O) groups excluding carboxylic acids is 3. The van der Waals surface area contributed by atoms with Gasteiger partial charge in [-0.25, -0.2) is 4.79 Å². The summed E-state index contributed by atoms with van der Waals surface area (Å²) in [5.41, 5.74) is 5.92. The topological polar surface area (TPSA) is 142 Å². The highest BCUT2D eigenvalue weighted by atomic mass is 32.2. The van der Waals surface area contributed by atoms with Crippen molar-refractivity contribution >= 4 is 35.5 Å². The molecule has 178 valence electrons. The number of hydrogen-bond acceptors (Lipinski definition) is 6. The molecule has 1 saturated heterocycles. The molecule has 0 saturated carbocycles. The number of carboxylic acid groups (broad SMARTS) is 1. The van der Waals surface area contributed by atoms with Crippen molar-refractivity contribution < 1.29 is 24.3 Å². The minimum Gasteiger partial charge on any atom is -0.480 e. The van der Waals surface area contributed by atoms with E-state index in [9.17, 15) is 24.3 Å². The van der Waals surface area contributed by atoms with Crippen molar-refractivity contribution in [3.63, 3.8) is 0 Å². The number of hydrogen-bond donors (Lipinski definition) is 4. The van der Waals surface area contributed by atoms with Gasteiger partial charge in [0, 0.05) is 6.54 Å². The molecule has 4 atom stereocenters. The maximum atomic E-state index is 13.1. The molecule has 1 fully saturated rings. The fourth-order valence-corrected chi connectivity index (χ4v) is 4.10. The van der Waals surface area contributed by atoms with E-state index >= 15 is 0 Å². The van der Waals surface area contributed by atoms with Crippen LogP contribution in [0.3, 0.4) is 0 Å². The van der Waals surface area contributed by atoms with Gasteiger partial charge < -0.3 is 26.4 Å². The summed E-state index contributed by atoms with van der Waals surface area (Å²) in [5.74, 6) is -1.68. The third kappa shape index (κ3) is 8.33. The molecule has 4 unspecified atom stereocenters. The summed E-state index contributed by atoms with van der Waals surface area (Å²) in [6.07, 6.45) is 3.82. The molecule has 5 N–H and O–H groups in total. The quantitative estimate of drug-likeness (QED) is 0.339. The highest BCUT2D eigenvalue weighted by Gasteiger charge is 2.38. The SMILES string of the molecule is CSCCC(N)C(=O)NC(C(=O)NC(CC(C)C)C(=O)N1CCCC1C(=O)O)C(C)C. The van der Waals surface area contributed by atoms with Gasteiger partial charge in [0.25, 0.3) is 0 Å². The first-order chi connectivity index (χ1) is 14.5. The summed E-state index contributed by atoms with van der Waals surface area (Å²) < 4.78 is 0. The Morgan fingerprint density at radius 3 is 2.29 bits per heavy atom. The van der Waals surface area contributed by atoms with Crippen molar-refractivity contribution in [2.24, 2.45) is 17.6 Å². The molecule has 0 aliphatic carbocycles. The highest BCUT2D eigenvalue weighted by Crippen LogP contribution is 2.20. The molecule has 3 amide bonds. The number of nitrogens with two attached hydrogens (primary N) is 1. The maximum absolute atomic E-state index is 13.1. The molecular weight excluding hydrogens is 420 g/mol. The third-order valence-corrected chi connectivity index (χ3v) is 6.00. The van der Waals surface area contributed by atoms with Crippen LogP contribution in [-0.2, 0) is 19.2 Å². The molecule has 1 aliphatic heterocycles. The minimum atomic E-state index is -1.04. The predicted molar refractivity (Wildman–Crippen MR) is 121 cm³/mol. The van der Waals surface area contributed by atoms with Crippen LogP contribution in [0, 0.1) is 11.8 Å². The maximum Gasteiger partial charge on any atom is 0.326 e. The van der Waals surface area contributed by atoms with Gasteiger partial charge in [-0.05, 0) is 49.5 Å². The van der Waals surface area contributed by atoms with E-state index < -0.39 is 47.9 Å². The number of thioether (sulfide) groups is 1. The van der Waals surface area contributed by atoms with Crippen LogP contribution < -0.4 is 16.4 Å². The van der Waals surface area contributed by atoms with Gasteiger partial charge >= 0.3 is 5.97 Å². The highest BCUT2D eigenvalue weighted by molar-refractivity contribution is 7.98. The molecule has 0 bridgehead atoms. The van der Waals surface area contributed by atoms with E-state index in [0.29, 0.717) is 32.2 Å². The van der Waals surface area contributed by atoms with Crippen molar-refractivity contribution in [2.75, 3.05) is 18.6 Å². The molecule has 0 aromatic heterocycles. The number of aliphatic carboxylic acids is 1. The van der Waals surface area contributed by atoms with Crippen LogP contribution in [-0.4, -0.2) is 76.4 Å². The van der Waals surface area contributed by atoms with Crippen molar-refractivity contribution in [3.05, 3.63) is 0 Å². The molecule has 1 heterocycles. The van der Waals surface area contributed by atoms with Gasteiger partial charge in [-0.1, -0.05) is 27.7 Å². The van der Waals surface area contributed by atoms with Gasteiger partial charge in [0.1, 0.15) is 18.1 Å². The number of carbonyl (C=O) groups is 4. The van der Waals surface area contributed by atoms with Gasteiger partial charge in [0.05, 0.1) is 6.04 Å². The third-order valence-electron chi connectivity index (χ3n) is 5.36. The van der Waals surface area contributed by atoms with Crippen molar-refractivity contribution in [3.8, 4) is 0 Å². The van der Waals surface area contributed by atoms with Crippen LogP contribution in [0.4, 0.5) is 0 Å². The van der Waals surface area contributed by atoms with Gasteiger partial charge in [0.15, 0.2) is 0 Å². The zero-order valence-corrected chi connectivity index (χ0v) is 20.0. The van der Waals surface area contributed by atoms with E-state index in [1.165, 1.54) is 4.90 Å². The molecule has 31 heavy (non-hydrogen) atoms. The Kier molecular flexibility index (Phi) is 11.3. The van der Waals surface area contributed by atoms with Gasteiger partial charge in [-0.2, -0.15) is 11.8 Å². The number of rotatable bonds is 12. The standard InChI is InChI=1S/C21H38N4O5S/c1-12(2)11-15(20(28)25-9-6-7-16(25)21(29)30)23-19(27)17(13(3)4)24-18(26)14(22)8-10-31-5/h12-17H,6-11,22H2,1-5H3,(H,23,27)(H,24,26)(H,29,30). The summed E-state index contributed by atoms with van der Waals surface area (Å²) in [7, 11) is 0. The average Bonchev–Trinajstić information content (AvgIpc) is 3.18. The summed E-state index contributed by atoms with van der Waals surface area (Å²) >= 11 is 1.59. The lowest BCUT2D eigenvalue weighted by Crippen LogP contribution is -2.58. The van der Waals surface area contributed by atoms with E-state index in [0.717, 1.165) is 5.75 Å². The van der Waals surface area contributed by atoms with Crippen LogP contribution in [0.25, 0.3) is 0 Å². The lowest BCUT2D eigenvalue weighted by Gasteiger charge is -2.30. The number of likely N-dealkylation sites (tertiary alicyclic amines) is 1.